The van der Waals surface area contributed by atoms with Crippen molar-refractivity contribution in [2.75, 3.05) is 26.9 Å². The SMILES string of the molecule is CCOC(=O)CCN(Cc1cccnc1)C(=O)c1ccc(OC)c(OCC)c1. The number of amides is 1. The average molecular weight is 386 g/mol. The largest absolute Gasteiger partial charge is 0.493 e. The van der Waals surface area contributed by atoms with Crippen LogP contribution in [0.3, 0.4) is 0 Å². The quantitative estimate of drug-likeness (QED) is 0.584. The molecule has 0 aliphatic heterocycles. The number of carbonyl (C=O) groups is 2. The lowest BCUT2D eigenvalue weighted by molar-refractivity contribution is -0.143. The summed E-state index contributed by atoms with van der Waals surface area (Å²) in [7, 11) is 1.55. The van der Waals surface area contributed by atoms with Gasteiger partial charge in [-0.15, -0.1) is 0 Å². The van der Waals surface area contributed by atoms with E-state index in [0.29, 0.717) is 36.8 Å². The average Bonchev–Trinajstić information content (AvgIpc) is 2.71. The van der Waals surface area contributed by atoms with Crippen LogP contribution in [0.2, 0.25) is 0 Å². The highest BCUT2D eigenvalue weighted by Crippen LogP contribution is 2.28. The fourth-order valence-corrected chi connectivity index (χ4v) is 2.68. The number of benzene rings is 1. The zero-order valence-electron chi connectivity index (χ0n) is 16.5. The Labute approximate surface area is 165 Å². The molecule has 150 valence electrons. The molecule has 1 aromatic carbocycles. The third kappa shape index (κ3) is 5.97. The van der Waals surface area contributed by atoms with E-state index in [4.69, 9.17) is 14.2 Å². The van der Waals surface area contributed by atoms with Crippen LogP contribution in [-0.4, -0.2) is 48.6 Å². The zero-order valence-corrected chi connectivity index (χ0v) is 16.5. The summed E-state index contributed by atoms with van der Waals surface area (Å²) in [5.41, 5.74) is 1.33. The van der Waals surface area contributed by atoms with Gasteiger partial charge in [-0.05, 0) is 43.7 Å². The first-order valence-electron chi connectivity index (χ1n) is 9.23. The molecule has 0 saturated heterocycles. The number of methoxy groups -OCH3 is 1. The Bertz CT molecular complexity index is 780. The van der Waals surface area contributed by atoms with E-state index >= 15 is 0 Å². The lowest BCUT2D eigenvalue weighted by Crippen LogP contribution is -2.33. The van der Waals surface area contributed by atoms with Crippen LogP contribution >= 0.6 is 0 Å². The second kappa shape index (κ2) is 10.9. The van der Waals surface area contributed by atoms with Gasteiger partial charge in [0.05, 0.1) is 26.7 Å². The van der Waals surface area contributed by atoms with Gasteiger partial charge in [0.1, 0.15) is 0 Å². The van der Waals surface area contributed by atoms with Crippen molar-refractivity contribution in [2.24, 2.45) is 0 Å². The van der Waals surface area contributed by atoms with E-state index in [9.17, 15) is 9.59 Å². The van der Waals surface area contributed by atoms with Gasteiger partial charge in [0.2, 0.25) is 0 Å². The van der Waals surface area contributed by atoms with Crippen LogP contribution in [0.5, 0.6) is 11.5 Å². The maximum atomic E-state index is 13.1. The zero-order chi connectivity index (χ0) is 20.4. The molecule has 28 heavy (non-hydrogen) atoms. The van der Waals surface area contributed by atoms with Crippen LogP contribution in [0.25, 0.3) is 0 Å². The van der Waals surface area contributed by atoms with E-state index < -0.39 is 0 Å². The van der Waals surface area contributed by atoms with Crippen molar-refractivity contribution >= 4 is 11.9 Å². The van der Waals surface area contributed by atoms with Crippen LogP contribution in [0.4, 0.5) is 0 Å². The molecule has 7 heteroatoms. The number of esters is 1. The molecule has 7 nitrogen and oxygen atoms in total. The summed E-state index contributed by atoms with van der Waals surface area (Å²) in [5, 5.41) is 0. The van der Waals surface area contributed by atoms with Gasteiger partial charge in [-0.3, -0.25) is 14.6 Å². The van der Waals surface area contributed by atoms with Gasteiger partial charge in [0.15, 0.2) is 11.5 Å². The topological polar surface area (TPSA) is 78.0 Å². The van der Waals surface area contributed by atoms with Gasteiger partial charge in [-0.25, -0.2) is 0 Å². The Morgan fingerprint density at radius 3 is 2.57 bits per heavy atom. The highest BCUT2D eigenvalue weighted by Gasteiger charge is 2.20. The van der Waals surface area contributed by atoms with Gasteiger partial charge in [-0.2, -0.15) is 0 Å². The number of rotatable bonds is 10. The Morgan fingerprint density at radius 2 is 1.93 bits per heavy atom. The van der Waals surface area contributed by atoms with Crippen LogP contribution in [0, 0.1) is 0 Å². The van der Waals surface area contributed by atoms with Crippen LogP contribution in [-0.2, 0) is 16.1 Å². The highest BCUT2D eigenvalue weighted by atomic mass is 16.5. The van der Waals surface area contributed by atoms with Crippen molar-refractivity contribution in [3.63, 3.8) is 0 Å². The van der Waals surface area contributed by atoms with E-state index in [-0.39, 0.29) is 24.8 Å². The molecule has 0 N–H and O–H groups in total. The number of nitrogens with zero attached hydrogens (tertiary/aromatic N) is 2. The van der Waals surface area contributed by atoms with E-state index in [1.165, 1.54) is 0 Å². The molecule has 2 aromatic rings. The maximum Gasteiger partial charge on any atom is 0.307 e. The lowest BCUT2D eigenvalue weighted by Gasteiger charge is -2.23. The molecule has 2 rings (SSSR count). The first-order valence-corrected chi connectivity index (χ1v) is 9.23. The van der Waals surface area contributed by atoms with Gasteiger partial charge in [0, 0.05) is 31.0 Å². The summed E-state index contributed by atoms with van der Waals surface area (Å²) >= 11 is 0. The minimum Gasteiger partial charge on any atom is -0.493 e. The molecule has 1 heterocycles. The summed E-state index contributed by atoms with van der Waals surface area (Å²) in [5.74, 6) is 0.513. The maximum absolute atomic E-state index is 13.1. The van der Waals surface area contributed by atoms with Crippen LogP contribution in [0.1, 0.15) is 36.2 Å². The van der Waals surface area contributed by atoms with Crippen molar-refractivity contribution in [1.82, 2.24) is 9.88 Å². The van der Waals surface area contributed by atoms with Crippen molar-refractivity contribution in [3.05, 3.63) is 53.9 Å². The number of hydrogen-bond acceptors (Lipinski definition) is 6. The third-order valence-corrected chi connectivity index (χ3v) is 3.99. The number of aromatic nitrogens is 1. The molecule has 0 aliphatic carbocycles. The standard InChI is InChI=1S/C21H26N2O5/c1-4-27-19-13-17(8-9-18(19)26-3)21(25)23(12-10-20(24)28-5-2)15-16-7-6-11-22-14-16/h6-9,11,13-14H,4-5,10,12,15H2,1-3H3. The molecule has 0 atom stereocenters. The first-order chi connectivity index (χ1) is 13.6. The van der Waals surface area contributed by atoms with E-state index in [0.717, 1.165) is 5.56 Å². The normalized spacial score (nSPS) is 10.2. The molecule has 0 fully saturated rings. The predicted molar refractivity (Wildman–Crippen MR) is 104 cm³/mol. The van der Waals surface area contributed by atoms with E-state index in [1.807, 2.05) is 19.1 Å². The number of pyridine rings is 1. The molecule has 1 amide bonds. The van der Waals surface area contributed by atoms with Crippen molar-refractivity contribution in [1.29, 1.82) is 0 Å². The summed E-state index contributed by atoms with van der Waals surface area (Å²) in [6, 6.07) is 8.74. The minimum atomic E-state index is -0.337. The van der Waals surface area contributed by atoms with Crippen LogP contribution < -0.4 is 9.47 Å². The summed E-state index contributed by atoms with van der Waals surface area (Å²) in [6.07, 6.45) is 3.49. The molecule has 0 saturated carbocycles. The molecule has 1 aromatic heterocycles. The summed E-state index contributed by atoms with van der Waals surface area (Å²) < 4.78 is 15.8. The molecule has 0 radical (unpaired) electrons. The van der Waals surface area contributed by atoms with E-state index in [1.54, 1.807) is 49.5 Å². The number of carbonyl (C=O) groups excluding carboxylic acids is 2. The minimum absolute atomic E-state index is 0.119. The Hall–Kier alpha value is -3.09. The first kappa shape index (κ1) is 21.2. The van der Waals surface area contributed by atoms with Gasteiger partial charge in [-0.1, -0.05) is 6.07 Å². The second-order valence-corrected chi connectivity index (χ2v) is 5.94. The summed E-state index contributed by atoms with van der Waals surface area (Å²) in [6.45, 7) is 4.96. The molecule has 0 unspecified atom stereocenters. The third-order valence-electron chi connectivity index (χ3n) is 3.99. The molecule has 0 aliphatic rings. The second-order valence-electron chi connectivity index (χ2n) is 5.94. The van der Waals surface area contributed by atoms with Crippen molar-refractivity contribution < 1.29 is 23.8 Å². The van der Waals surface area contributed by atoms with Gasteiger partial charge >= 0.3 is 5.97 Å². The monoisotopic (exact) mass is 386 g/mol. The van der Waals surface area contributed by atoms with Gasteiger partial charge in [0.25, 0.3) is 5.91 Å². The van der Waals surface area contributed by atoms with Crippen molar-refractivity contribution in [3.8, 4) is 11.5 Å². The predicted octanol–water partition coefficient (Wildman–Crippen LogP) is 3.08. The number of ether oxygens (including phenoxy) is 3. The Kier molecular flexibility index (Phi) is 8.27. The summed E-state index contributed by atoms with van der Waals surface area (Å²) in [4.78, 5) is 30.6. The van der Waals surface area contributed by atoms with Crippen molar-refractivity contribution in [2.45, 2.75) is 26.8 Å². The molecular weight excluding hydrogens is 360 g/mol. The fourth-order valence-electron chi connectivity index (χ4n) is 2.68. The lowest BCUT2D eigenvalue weighted by atomic mass is 10.1. The number of hydrogen-bond donors (Lipinski definition) is 0. The molecule has 0 bridgehead atoms. The van der Waals surface area contributed by atoms with Gasteiger partial charge < -0.3 is 19.1 Å². The molecule has 0 spiro atoms. The smallest absolute Gasteiger partial charge is 0.307 e. The molecular formula is C21H26N2O5. The highest BCUT2D eigenvalue weighted by molar-refractivity contribution is 5.95. The van der Waals surface area contributed by atoms with E-state index in [2.05, 4.69) is 4.98 Å². The fraction of sp³-hybridized carbons (Fsp3) is 0.381. The Balaban J connectivity index is 2.23. The Morgan fingerprint density at radius 1 is 1.11 bits per heavy atom. The van der Waals surface area contributed by atoms with Crippen LogP contribution in [0.15, 0.2) is 42.7 Å².